The number of urea groups is 1. The van der Waals surface area contributed by atoms with E-state index in [-0.39, 0.29) is 29.3 Å². The van der Waals surface area contributed by atoms with Crippen molar-refractivity contribution in [2.75, 3.05) is 13.6 Å². The molecule has 0 aliphatic carbocycles. The highest BCUT2D eigenvalue weighted by Crippen LogP contribution is 2.22. The van der Waals surface area contributed by atoms with Crippen LogP contribution in [-0.2, 0) is 4.79 Å². The number of amides is 2. The Bertz CT molecular complexity index is 340. The quantitative estimate of drug-likeness (QED) is 0.816. The summed E-state index contributed by atoms with van der Waals surface area (Å²) < 4.78 is 0. The molecular formula is C15H30N2O3. The van der Waals surface area contributed by atoms with E-state index in [2.05, 4.69) is 26.1 Å². The van der Waals surface area contributed by atoms with Gasteiger partial charge in [0.2, 0.25) is 0 Å². The maximum absolute atomic E-state index is 12.1. The monoisotopic (exact) mass is 286 g/mol. The summed E-state index contributed by atoms with van der Waals surface area (Å²) >= 11 is 0. The number of nitrogens with zero attached hydrogens (tertiary/aromatic N) is 1. The topological polar surface area (TPSA) is 69.6 Å². The molecule has 0 rings (SSSR count). The summed E-state index contributed by atoms with van der Waals surface area (Å²) in [5.74, 6) is -0.891. The highest BCUT2D eigenvalue weighted by atomic mass is 16.4. The lowest BCUT2D eigenvalue weighted by Gasteiger charge is -2.30. The van der Waals surface area contributed by atoms with Gasteiger partial charge in [-0.3, -0.25) is 4.79 Å². The highest BCUT2D eigenvalue weighted by molar-refractivity contribution is 5.75. The van der Waals surface area contributed by atoms with Crippen molar-refractivity contribution in [3.05, 3.63) is 0 Å². The van der Waals surface area contributed by atoms with Crippen LogP contribution in [0.1, 0.15) is 54.4 Å². The smallest absolute Gasteiger partial charge is 0.317 e. The molecule has 0 radical (unpaired) electrons. The predicted octanol–water partition coefficient (Wildman–Crippen LogP) is 2.95. The summed E-state index contributed by atoms with van der Waals surface area (Å²) in [6.45, 7) is 12.9. The van der Waals surface area contributed by atoms with Gasteiger partial charge in [-0.1, -0.05) is 41.5 Å². The van der Waals surface area contributed by atoms with Gasteiger partial charge in [-0.25, -0.2) is 4.79 Å². The first-order chi connectivity index (χ1) is 8.80. The van der Waals surface area contributed by atoms with Crippen molar-refractivity contribution >= 4 is 12.0 Å². The van der Waals surface area contributed by atoms with E-state index < -0.39 is 5.97 Å². The average molecular weight is 286 g/mol. The number of nitrogens with one attached hydrogen (secondary N) is 1. The fraction of sp³-hybridized carbons (Fsp3) is 0.867. The molecule has 5 heteroatoms. The van der Waals surface area contributed by atoms with Crippen LogP contribution in [0.5, 0.6) is 0 Å². The minimum Gasteiger partial charge on any atom is -0.481 e. The molecule has 0 saturated carbocycles. The first-order valence-corrected chi connectivity index (χ1v) is 7.03. The molecule has 1 unspecified atom stereocenters. The van der Waals surface area contributed by atoms with Gasteiger partial charge in [-0.05, 0) is 17.3 Å². The molecule has 0 bridgehead atoms. The Labute approximate surface area is 122 Å². The van der Waals surface area contributed by atoms with Crippen molar-refractivity contribution in [1.82, 2.24) is 10.2 Å². The SMILES string of the molecule is CN(CC(C)(C)C)C(=O)NC(CC(=O)O)CC(C)(C)C. The molecule has 0 aromatic carbocycles. The third-order valence-corrected chi connectivity index (χ3v) is 2.67. The Hall–Kier alpha value is -1.26. The molecule has 20 heavy (non-hydrogen) atoms. The van der Waals surface area contributed by atoms with Crippen LogP contribution >= 0.6 is 0 Å². The van der Waals surface area contributed by atoms with Crippen LogP contribution < -0.4 is 5.32 Å². The number of rotatable bonds is 5. The molecule has 0 aliphatic rings. The number of carbonyl (C=O) groups is 2. The molecule has 0 saturated heterocycles. The first kappa shape index (κ1) is 18.7. The molecular weight excluding hydrogens is 256 g/mol. The van der Waals surface area contributed by atoms with Gasteiger partial charge in [0.15, 0.2) is 0 Å². The molecule has 0 fully saturated rings. The van der Waals surface area contributed by atoms with Crippen LogP contribution in [0.2, 0.25) is 0 Å². The van der Waals surface area contributed by atoms with E-state index in [4.69, 9.17) is 5.11 Å². The maximum atomic E-state index is 12.1. The Kier molecular flexibility index (Phi) is 6.51. The van der Waals surface area contributed by atoms with Gasteiger partial charge in [-0.15, -0.1) is 0 Å². The third-order valence-electron chi connectivity index (χ3n) is 2.67. The van der Waals surface area contributed by atoms with Crippen LogP contribution in [0.4, 0.5) is 4.79 Å². The molecule has 118 valence electrons. The second-order valence-corrected chi connectivity index (χ2v) is 7.93. The Morgan fingerprint density at radius 3 is 1.95 bits per heavy atom. The van der Waals surface area contributed by atoms with Crippen LogP contribution in [0.15, 0.2) is 0 Å². The minimum absolute atomic E-state index is 0.0123. The standard InChI is InChI=1S/C15H30N2O3/c1-14(2,3)9-11(8-12(18)19)16-13(20)17(7)10-15(4,5)6/h11H,8-10H2,1-7H3,(H,16,20)(H,18,19). The van der Waals surface area contributed by atoms with Crippen molar-refractivity contribution in [2.45, 2.75) is 60.4 Å². The Morgan fingerprint density at radius 1 is 1.10 bits per heavy atom. The van der Waals surface area contributed by atoms with Gasteiger partial charge in [0.05, 0.1) is 6.42 Å². The lowest BCUT2D eigenvalue weighted by atomic mass is 9.87. The van der Waals surface area contributed by atoms with Gasteiger partial charge in [0.1, 0.15) is 0 Å². The lowest BCUT2D eigenvalue weighted by Crippen LogP contribution is -2.47. The molecule has 0 heterocycles. The lowest BCUT2D eigenvalue weighted by molar-refractivity contribution is -0.137. The van der Waals surface area contributed by atoms with Crippen molar-refractivity contribution < 1.29 is 14.7 Å². The van der Waals surface area contributed by atoms with E-state index in [9.17, 15) is 9.59 Å². The summed E-state index contributed by atoms with van der Waals surface area (Å²) in [6.07, 6.45) is 0.584. The molecule has 2 amide bonds. The zero-order valence-corrected chi connectivity index (χ0v) is 13.9. The Morgan fingerprint density at radius 2 is 1.60 bits per heavy atom. The van der Waals surface area contributed by atoms with Crippen molar-refractivity contribution in [1.29, 1.82) is 0 Å². The number of carboxylic acid groups (broad SMARTS) is 1. The fourth-order valence-corrected chi connectivity index (χ4v) is 2.19. The molecule has 5 nitrogen and oxygen atoms in total. The van der Waals surface area contributed by atoms with Crippen molar-refractivity contribution in [3.63, 3.8) is 0 Å². The van der Waals surface area contributed by atoms with Crippen LogP contribution in [0, 0.1) is 10.8 Å². The summed E-state index contributed by atoms with van der Waals surface area (Å²) in [5.41, 5.74) is -0.0194. The summed E-state index contributed by atoms with van der Waals surface area (Å²) in [4.78, 5) is 24.6. The average Bonchev–Trinajstić information content (AvgIpc) is 2.10. The first-order valence-electron chi connectivity index (χ1n) is 7.03. The van der Waals surface area contributed by atoms with E-state index in [0.717, 1.165) is 0 Å². The van der Waals surface area contributed by atoms with E-state index in [1.165, 1.54) is 0 Å². The minimum atomic E-state index is -0.891. The Balaban J connectivity index is 4.64. The van der Waals surface area contributed by atoms with Crippen LogP contribution in [-0.4, -0.2) is 41.6 Å². The highest BCUT2D eigenvalue weighted by Gasteiger charge is 2.25. The van der Waals surface area contributed by atoms with Gasteiger partial charge in [-0.2, -0.15) is 0 Å². The summed E-state index contributed by atoms with van der Waals surface area (Å²) in [7, 11) is 1.73. The predicted molar refractivity (Wildman–Crippen MR) is 80.7 cm³/mol. The number of hydrogen-bond donors (Lipinski definition) is 2. The van der Waals surface area contributed by atoms with Gasteiger partial charge < -0.3 is 15.3 Å². The second-order valence-electron chi connectivity index (χ2n) is 7.93. The molecule has 2 N–H and O–H groups in total. The number of aliphatic carboxylic acids is 1. The number of carbonyl (C=O) groups excluding carboxylic acids is 1. The van der Waals surface area contributed by atoms with E-state index in [1.54, 1.807) is 11.9 Å². The fourth-order valence-electron chi connectivity index (χ4n) is 2.19. The van der Waals surface area contributed by atoms with Crippen molar-refractivity contribution in [2.24, 2.45) is 10.8 Å². The van der Waals surface area contributed by atoms with Gasteiger partial charge in [0.25, 0.3) is 0 Å². The van der Waals surface area contributed by atoms with E-state index in [1.807, 2.05) is 20.8 Å². The number of carboxylic acids is 1. The summed E-state index contributed by atoms with van der Waals surface area (Å²) in [5, 5.41) is 11.8. The second kappa shape index (κ2) is 6.95. The van der Waals surface area contributed by atoms with Gasteiger partial charge in [0, 0.05) is 19.6 Å². The third kappa shape index (κ3) is 9.64. The van der Waals surface area contributed by atoms with Crippen molar-refractivity contribution in [3.8, 4) is 0 Å². The number of hydrogen-bond acceptors (Lipinski definition) is 2. The zero-order valence-electron chi connectivity index (χ0n) is 13.9. The van der Waals surface area contributed by atoms with E-state index in [0.29, 0.717) is 13.0 Å². The summed E-state index contributed by atoms with van der Waals surface area (Å²) in [6, 6.07) is -0.558. The molecule has 1 atom stereocenters. The van der Waals surface area contributed by atoms with Gasteiger partial charge >= 0.3 is 12.0 Å². The molecule has 0 aromatic heterocycles. The van der Waals surface area contributed by atoms with Crippen LogP contribution in [0.3, 0.4) is 0 Å². The van der Waals surface area contributed by atoms with E-state index >= 15 is 0 Å². The molecule has 0 aliphatic heterocycles. The largest absolute Gasteiger partial charge is 0.481 e. The maximum Gasteiger partial charge on any atom is 0.317 e. The normalized spacial score (nSPS) is 13.8. The van der Waals surface area contributed by atoms with Crippen LogP contribution in [0.25, 0.3) is 0 Å². The zero-order chi connectivity index (χ0) is 16.1. The molecule has 0 aromatic rings. The molecule has 0 spiro atoms.